The molecule has 0 heterocycles. The summed E-state index contributed by atoms with van der Waals surface area (Å²) in [6.45, 7) is 4.04. The van der Waals surface area contributed by atoms with Crippen LogP contribution in [0.4, 0.5) is 0 Å². The molecule has 2 aromatic carbocycles. The van der Waals surface area contributed by atoms with E-state index in [2.05, 4.69) is 19.1 Å². The molecule has 0 spiro atoms. The maximum absolute atomic E-state index is 10.3. The molecule has 1 nitrogen and oxygen atoms in total. The van der Waals surface area contributed by atoms with Crippen LogP contribution in [0.15, 0.2) is 42.5 Å². The topological polar surface area (TPSA) is 20.2 Å². The third kappa shape index (κ3) is 3.34. The number of rotatable bonds is 3. The predicted octanol–water partition coefficient (Wildman–Crippen LogP) is 4.23. The summed E-state index contributed by atoms with van der Waals surface area (Å²) in [6.07, 6.45) is 0.103. The summed E-state index contributed by atoms with van der Waals surface area (Å²) in [6, 6.07) is 13.9. The first-order valence-corrected chi connectivity index (χ1v) is 6.43. The van der Waals surface area contributed by atoms with E-state index in [0.717, 1.165) is 16.7 Å². The molecule has 18 heavy (non-hydrogen) atoms. The van der Waals surface area contributed by atoms with Gasteiger partial charge < -0.3 is 5.11 Å². The fraction of sp³-hybridized carbons (Fsp3) is 0.250. The monoisotopic (exact) mass is 260 g/mol. The molecule has 1 unspecified atom stereocenters. The zero-order valence-electron chi connectivity index (χ0n) is 10.7. The molecule has 0 aliphatic carbocycles. The van der Waals surface area contributed by atoms with Crippen LogP contribution in [-0.2, 0) is 6.42 Å². The second kappa shape index (κ2) is 5.55. The van der Waals surface area contributed by atoms with Gasteiger partial charge >= 0.3 is 0 Å². The second-order valence-electron chi connectivity index (χ2n) is 4.77. The lowest BCUT2D eigenvalue weighted by Crippen LogP contribution is -2.02. The maximum Gasteiger partial charge on any atom is 0.0830 e. The molecule has 2 rings (SSSR count). The van der Waals surface area contributed by atoms with Crippen LogP contribution < -0.4 is 0 Å². The van der Waals surface area contributed by atoms with Gasteiger partial charge in [-0.3, -0.25) is 0 Å². The minimum atomic E-state index is -0.510. The van der Waals surface area contributed by atoms with Gasteiger partial charge in [-0.05, 0) is 42.7 Å². The van der Waals surface area contributed by atoms with Gasteiger partial charge in [0.15, 0.2) is 0 Å². The molecule has 0 fully saturated rings. The molecular formula is C16H17ClO. The van der Waals surface area contributed by atoms with Crippen molar-refractivity contribution in [2.45, 2.75) is 26.4 Å². The molecule has 0 radical (unpaired) electrons. The Balaban J connectivity index is 2.19. The Morgan fingerprint density at radius 3 is 2.50 bits per heavy atom. The Kier molecular flexibility index (Phi) is 4.05. The van der Waals surface area contributed by atoms with E-state index >= 15 is 0 Å². The van der Waals surface area contributed by atoms with Crippen LogP contribution in [0.1, 0.15) is 28.4 Å². The van der Waals surface area contributed by atoms with Gasteiger partial charge in [0.1, 0.15) is 0 Å². The smallest absolute Gasteiger partial charge is 0.0830 e. The van der Waals surface area contributed by atoms with Crippen molar-refractivity contribution in [3.8, 4) is 0 Å². The van der Waals surface area contributed by atoms with E-state index < -0.39 is 6.10 Å². The first-order valence-electron chi connectivity index (χ1n) is 6.05. The summed E-state index contributed by atoms with van der Waals surface area (Å²) < 4.78 is 0. The highest BCUT2D eigenvalue weighted by molar-refractivity contribution is 6.30. The van der Waals surface area contributed by atoms with Gasteiger partial charge in [0.05, 0.1) is 6.10 Å². The molecule has 0 aromatic heterocycles. The van der Waals surface area contributed by atoms with Crippen LogP contribution in [0.3, 0.4) is 0 Å². The standard InChI is InChI=1S/C16H17ClO/c1-11-4-3-5-13(6-11)9-16(18)14-7-12(2)8-15(17)10-14/h3-8,10,16,18H,9H2,1-2H3. The van der Waals surface area contributed by atoms with Crippen LogP contribution >= 0.6 is 11.6 Å². The zero-order chi connectivity index (χ0) is 13.1. The number of halogens is 1. The third-order valence-corrected chi connectivity index (χ3v) is 3.18. The highest BCUT2D eigenvalue weighted by Gasteiger charge is 2.10. The van der Waals surface area contributed by atoms with Crippen LogP contribution in [-0.4, -0.2) is 5.11 Å². The van der Waals surface area contributed by atoms with Gasteiger partial charge in [0.25, 0.3) is 0 Å². The molecule has 1 atom stereocenters. The van der Waals surface area contributed by atoms with Crippen molar-refractivity contribution in [3.63, 3.8) is 0 Å². The molecule has 0 bridgehead atoms. The van der Waals surface area contributed by atoms with Gasteiger partial charge in [-0.25, -0.2) is 0 Å². The molecule has 2 aromatic rings. The molecule has 0 saturated heterocycles. The lowest BCUT2D eigenvalue weighted by Gasteiger charge is -2.13. The van der Waals surface area contributed by atoms with Gasteiger partial charge in [0, 0.05) is 11.4 Å². The fourth-order valence-corrected chi connectivity index (χ4v) is 2.44. The minimum absolute atomic E-state index is 0.510. The molecule has 2 heteroatoms. The van der Waals surface area contributed by atoms with Gasteiger partial charge in [0.2, 0.25) is 0 Å². The summed E-state index contributed by atoms with van der Waals surface area (Å²) in [5, 5.41) is 10.9. The second-order valence-corrected chi connectivity index (χ2v) is 5.21. The van der Waals surface area contributed by atoms with Crippen LogP contribution in [0.5, 0.6) is 0 Å². The lowest BCUT2D eigenvalue weighted by molar-refractivity contribution is 0.178. The van der Waals surface area contributed by atoms with Crippen molar-refractivity contribution in [3.05, 3.63) is 69.7 Å². The maximum atomic E-state index is 10.3. The van der Waals surface area contributed by atoms with Crippen LogP contribution in [0, 0.1) is 13.8 Å². The number of hydrogen-bond acceptors (Lipinski definition) is 1. The first kappa shape index (κ1) is 13.1. The van der Waals surface area contributed by atoms with E-state index in [9.17, 15) is 5.11 Å². The van der Waals surface area contributed by atoms with Crippen LogP contribution in [0.2, 0.25) is 5.02 Å². The van der Waals surface area contributed by atoms with Gasteiger partial charge in [-0.15, -0.1) is 0 Å². The minimum Gasteiger partial charge on any atom is -0.388 e. The SMILES string of the molecule is Cc1cccc(CC(O)c2cc(C)cc(Cl)c2)c1. The quantitative estimate of drug-likeness (QED) is 0.876. The van der Waals surface area contributed by atoms with E-state index in [1.165, 1.54) is 5.56 Å². The van der Waals surface area contributed by atoms with Crippen molar-refractivity contribution in [2.75, 3.05) is 0 Å². The van der Waals surface area contributed by atoms with E-state index in [1.54, 1.807) is 0 Å². The molecule has 94 valence electrons. The van der Waals surface area contributed by atoms with E-state index in [4.69, 9.17) is 11.6 Å². The average molecular weight is 261 g/mol. The molecular weight excluding hydrogens is 244 g/mol. The van der Waals surface area contributed by atoms with E-state index in [0.29, 0.717) is 11.4 Å². The molecule has 0 amide bonds. The number of aliphatic hydroxyl groups is 1. The Labute approximate surface area is 113 Å². The fourth-order valence-electron chi connectivity index (χ4n) is 2.14. The van der Waals surface area contributed by atoms with Crippen molar-refractivity contribution < 1.29 is 5.11 Å². The van der Waals surface area contributed by atoms with Gasteiger partial charge in [-0.2, -0.15) is 0 Å². The number of aryl methyl sites for hydroxylation is 2. The van der Waals surface area contributed by atoms with Crippen molar-refractivity contribution in [1.29, 1.82) is 0 Å². The molecule has 0 saturated carbocycles. The Hall–Kier alpha value is -1.31. The predicted molar refractivity (Wildman–Crippen MR) is 76.0 cm³/mol. The summed E-state index contributed by atoms with van der Waals surface area (Å²) >= 11 is 6.01. The van der Waals surface area contributed by atoms with Crippen molar-refractivity contribution in [1.82, 2.24) is 0 Å². The highest BCUT2D eigenvalue weighted by atomic mass is 35.5. The van der Waals surface area contributed by atoms with Crippen LogP contribution in [0.25, 0.3) is 0 Å². The molecule has 0 aliphatic rings. The summed E-state index contributed by atoms with van der Waals surface area (Å²) in [5.41, 5.74) is 4.30. The van der Waals surface area contributed by atoms with E-state index in [1.807, 2.05) is 37.3 Å². The largest absolute Gasteiger partial charge is 0.388 e. The summed E-state index contributed by atoms with van der Waals surface area (Å²) in [4.78, 5) is 0. The Morgan fingerprint density at radius 2 is 1.83 bits per heavy atom. The summed E-state index contributed by atoms with van der Waals surface area (Å²) in [7, 11) is 0. The average Bonchev–Trinajstić information content (AvgIpc) is 2.27. The third-order valence-electron chi connectivity index (χ3n) is 2.96. The van der Waals surface area contributed by atoms with Crippen molar-refractivity contribution in [2.24, 2.45) is 0 Å². The normalized spacial score (nSPS) is 12.4. The summed E-state index contributed by atoms with van der Waals surface area (Å²) in [5.74, 6) is 0. The highest BCUT2D eigenvalue weighted by Crippen LogP contribution is 2.23. The zero-order valence-corrected chi connectivity index (χ0v) is 11.4. The number of hydrogen-bond donors (Lipinski definition) is 1. The Bertz CT molecular complexity index is 528. The Morgan fingerprint density at radius 1 is 1.06 bits per heavy atom. The number of aliphatic hydroxyl groups excluding tert-OH is 1. The van der Waals surface area contributed by atoms with E-state index in [-0.39, 0.29) is 0 Å². The number of benzene rings is 2. The first-order chi connectivity index (χ1) is 8.54. The van der Waals surface area contributed by atoms with Gasteiger partial charge in [-0.1, -0.05) is 47.5 Å². The lowest BCUT2D eigenvalue weighted by atomic mass is 9.99. The van der Waals surface area contributed by atoms with Crippen molar-refractivity contribution >= 4 is 11.6 Å². The molecule has 1 N–H and O–H groups in total. The molecule has 0 aliphatic heterocycles.